The van der Waals surface area contributed by atoms with Gasteiger partial charge in [-0.3, -0.25) is 0 Å². The van der Waals surface area contributed by atoms with Crippen molar-refractivity contribution in [1.29, 1.82) is 0 Å². The van der Waals surface area contributed by atoms with Crippen LogP contribution >= 0.6 is 0 Å². The van der Waals surface area contributed by atoms with Gasteiger partial charge in [0.25, 0.3) is 0 Å². The summed E-state index contributed by atoms with van der Waals surface area (Å²) in [6, 6.07) is 9.76. The molecule has 0 bridgehead atoms. The van der Waals surface area contributed by atoms with Gasteiger partial charge in [0.15, 0.2) is 0 Å². The molecule has 1 saturated carbocycles. The molecular formula is C19H31N. The summed E-state index contributed by atoms with van der Waals surface area (Å²) < 4.78 is 0. The van der Waals surface area contributed by atoms with E-state index < -0.39 is 0 Å². The van der Waals surface area contributed by atoms with Crippen LogP contribution in [0.25, 0.3) is 0 Å². The van der Waals surface area contributed by atoms with E-state index in [4.69, 9.17) is 0 Å². The van der Waals surface area contributed by atoms with Crippen molar-refractivity contribution in [2.24, 2.45) is 11.3 Å². The van der Waals surface area contributed by atoms with Gasteiger partial charge in [-0.25, -0.2) is 0 Å². The fourth-order valence-corrected chi connectivity index (χ4v) is 3.66. The molecule has 1 heteroatoms. The molecule has 1 aliphatic carbocycles. The number of hydrogen-bond acceptors (Lipinski definition) is 1. The summed E-state index contributed by atoms with van der Waals surface area (Å²) in [5, 5.41) is 3.58. The van der Waals surface area contributed by atoms with Crippen LogP contribution in [0.3, 0.4) is 0 Å². The second-order valence-electron chi connectivity index (χ2n) is 7.26. The lowest BCUT2D eigenvalue weighted by Crippen LogP contribution is -2.31. The fraction of sp³-hybridized carbons (Fsp3) is 0.684. The van der Waals surface area contributed by atoms with Crippen LogP contribution in [0.2, 0.25) is 0 Å². The monoisotopic (exact) mass is 273 g/mol. The molecule has 1 atom stereocenters. The second-order valence-corrected chi connectivity index (χ2v) is 7.26. The van der Waals surface area contributed by atoms with Gasteiger partial charge in [0.2, 0.25) is 0 Å². The average molecular weight is 273 g/mol. The highest BCUT2D eigenvalue weighted by Gasteiger charge is 2.31. The van der Waals surface area contributed by atoms with Crippen LogP contribution in [0.4, 0.5) is 0 Å². The number of rotatable bonds is 5. The zero-order valence-electron chi connectivity index (χ0n) is 13.7. The summed E-state index contributed by atoms with van der Waals surface area (Å²) in [6.45, 7) is 7.09. The number of benzene rings is 1. The minimum absolute atomic E-state index is 0.530. The standard InChI is InChI=1S/C19H31N/c1-5-7-15-8-6-9-17(14-15)18(20-4)16-10-12-19(2,3)13-11-16/h6,8-9,14,16,18,20H,5,7,10-13H2,1-4H3. The first-order chi connectivity index (χ1) is 9.55. The summed E-state index contributed by atoms with van der Waals surface area (Å²) in [5.41, 5.74) is 3.53. The highest BCUT2D eigenvalue weighted by Crippen LogP contribution is 2.42. The third kappa shape index (κ3) is 3.85. The molecule has 1 N–H and O–H groups in total. The van der Waals surface area contributed by atoms with Gasteiger partial charge in [-0.05, 0) is 61.6 Å². The highest BCUT2D eigenvalue weighted by atomic mass is 14.9. The molecule has 0 saturated heterocycles. The van der Waals surface area contributed by atoms with Crippen molar-refractivity contribution in [2.75, 3.05) is 7.05 Å². The van der Waals surface area contributed by atoms with Crippen molar-refractivity contribution >= 4 is 0 Å². The maximum Gasteiger partial charge on any atom is 0.0346 e. The fourth-order valence-electron chi connectivity index (χ4n) is 3.66. The van der Waals surface area contributed by atoms with Crippen LogP contribution in [0.1, 0.15) is 70.0 Å². The zero-order chi connectivity index (χ0) is 14.6. The highest BCUT2D eigenvalue weighted by molar-refractivity contribution is 5.27. The molecule has 0 aromatic heterocycles. The summed E-state index contributed by atoms with van der Waals surface area (Å²) in [5.74, 6) is 0.796. The first kappa shape index (κ1) is 15.6. The Morgan fingerprint density at radius 1 is 1.25 bits per heavy atom. The largest absolute Gasteiger partial charge is 0.313 e. The Labute approximate surface area is 125 Å². The van der Waals surface area contributed by atoms with E-state index in [1.807, 2.05) is 0 Å². The number of nitrogens with one attached hydrogen (secondary N) is 1. The molecule has 1 aliphatic rings. The first-order valence-corrected chi connectivity index (χ1v) is 8.32. The Kier molecular flexibility index (Phi) is 5.26. The molecule has 20 heavy (non-hydrogen) atoms. The molecule has 1 unspecified atom stereocenters. The third-order valence-electron chi connectivity index (χ3n) is 5.02. The van der Waals surface area contributed by atoms with Gasteiger partial charge in [-0.2, -0.15) is 0 Å². The van der Waals surface area contributed by atoms with E-state index in [1.165, 1.54) is 49.7 Å². The van der Waals surface area contributed by atoms with Crippen molar-refractivity contribution in [3.8, 4) is 0 Å². The lowest BCUT2D eigenvalue weighted by atomic mass is 9.70. The molecule has 1 fully saturated rings. The lowest BCUT2D eigenvalue weighted by molar-refractivity contribution is 0.164. The zero-order valence-corrected chi connectivity index (χ0v) is 13.7. The summed E-state index contributed by atoms with van der Waals surface area (Å²) >= 11 is 0. The van der Waals surface area contributed by atoms with Crippen LogP contribution in [0.15, 0.2) is 24.3 Å². The molecule has 0 spiro atoms. The summed E-state index contributed by atoms with van der Waals surface area (Å²) in [6.07, 6.45) is 7.87. The Hall–Kier alpha value is -0.820. The molecule has 0 heterocycles. The van der Waals surface area contributed by atoms with Crippen LogP contribution in [-0.2, 0) is 6.42 Å². The Morgan fingerprint density at radius 3 is 2.55 bits per heavy atom. The molecule has 0 aliphatic heterocycles. The maximum atomic E-state index is 3.58. The van der Waals surface area contributed by atoms with Crippen molar-refractivity contribution in [3.63, 3.8) is 0 Å². The molecule has 1 aromatic carbocycles. The van der Waals surface area contributed by atoms with Gasteiger partial charge in [0, 0.05) is 6.04 Å². The number of hydrogen-bond donors (Lipinski definition) is 1. The Balaban J connectivity index is 2.10. The van der Waals surface area contributed by atoms with Crippen LogP contribution < -0.4 is 5.32 Å². The molecule has 1 aromatic rings. The molecule has 112 valence electrons. The van der Waals surface area contributed by atoms with Gasteiger partial charge in [-0.15, -0.1) is 0 Å². The topological polar surface area (TPSA) is 12.0 Å². The third-order valence-corrected chi connectivity index (χ3v) is 5.02. The van der Waals surface area contributed by atoms with Crippen molar-refractivity contribution in [1.82, 2.24) is 5.32 Å². The predicted octanol–water partition coefficient (Wildman–Crippen LogP) is 5.12. The molecule has 1 nitrogen and oxygen atoms in total. The predicted molar refractivity (Wildman–Crippen MR) is 88.0 cm³/mol. The van der Waals surface area contributed by atoms with Crippen molar-refractivity contribution < 1.29 is 0 Å². The van der Waals surface area contributed by atoms with E-state index in [1.54, 1.807) is 0 Å². The van der Waals surface area contributed by atoms with Gasteiger partial charge >= 0.3 is 0 Å². The second kappa shape index (κ2) is 6.76. The average Bonchev–Trinajstić information content (AvgIpc) is 2.42. The van der Waals surface area contributed by atoms with Gasteiger partial charge in [-0.1, -0.05) is 51.5 Å². The molecule has 0 amide bonds. The normalized spacial score (nSPS) is 20.8. The van der Waals surface area contributed by atoms with Gasteiger partial charge in [0.1, 0.15) is 0 Å². The summed E-state index contributed by atoms with van der Waals surface area (Å²) in [4.78, 5) is 0. The van der Waals surface area contributed by atoms with E-state index in [0.717, 1.165) is 5.92 Å². The van der Waals surface area contributed by atoms with Crippen molar-refractivity contribution in [2.45, 2.75) is 65.3 Å². The smallest absolute Gasteiger partial charge is 0.0346 e. The lowest BCUT2D eigenvalue weighted by Gasteiger charge is -2.38. The van der Waals surface area contributed by atoms with E-state index in [0.29, 0.717) is 11.5 Å². The van der Waals surface area contributed by atoms with Crippen molar-refractivity contribution in [3.05, 3.63) is 35.4 Å². The van der Waals surface area contributed by atoms with Gasteiger partial charge in [0.05, 0.1) is 0 Å². The van der Waals surface area contributed by atoms with E-state index in [2.05, 4.69) is 57.4 Å². The molecule has 2 rings (SSSR count). The maximum absolute atomic E-state index is 3.58. The van der Waals surface area contributed by atoms with Gasteiger partial charge < -0.3 is 5.32 Å². The van der Waals surface area contributed by atoms with E-state index in [-0.39, 0.29) is 0 Å². The van der Waals surface area contributed by atoms with E-state index in [9.17, 15) is 0 Å². The van der Waals surface area contributed by atoms with Crippen LogP contribution in [-0.4, -0.2) is 7.05 Å². The van der Waals surface area contributed by atoms with Crippen LogP contribution in [0, 0.1) is 11.3 Å². The SMILES string of the molecule is CCCc1cccc(C(NC)C2CCC(C)(C)CC2)c1. The van der Waals surface area contributed by atoms with Crippen LogP contribution in [0.5, 0.6) is 0 Å². The first-order valence-electron chi connectivity index (χ1n) is 8.32. The Bertz CT molecular complexity index is 412. The number of aryl methyl sites for hydroxylation is 1. The molecular weight excluding hydrogens is 242 g/mol. The minimum Gasteiger partial charge on any atom is -0.313 e. The molecule has 0 radical (unpaired) electrons. The summed E-state index contributed by atoms with van der Waals surface area (Å²) in [7, 11) is 2.12. The minimum atomic E-state index is 0.530. The quantitative estimate of drug-likeness (QED) is 0.785. The Morgan fingerprint density at radius 2 is 1.95 bits per heavy atom. The van der Waals surface area contributed by atoms with E-state index >= 15 is 0 Å².